The topological polar surface area (TPSA) is 60.7 Å². The summed E-state index contributed by atoms with van der Waals surface area (Å²) < 4.78 is 66.0. The van der Waals surface area contributed by atoms with Gasteiger partial charge in [0.1, 0.15) is 6.10 Å². The maximum atomic E-state index is 14.0. The summed E-state index contributed by atoms with van der Waals surface area (Å²) in [5, 5.41) is 27.8. The zero-order chi connectivity index (χ0) is 20.1. The van der Waals surface area contributed by atoms with Gasteiger partial charge in [0, 0.05) is 0 Å². The fourth-order valence-electron chi connectivity index (χ4n) is 7.49. The van der Waals surface area contributed by atoms with E-state index in [-0.39, 0.29) is 11.8 Å². The molecular formula is C19H27F5O3. The molecular weight excluding hydrogens is 371 g/mol. The third-order valence-electron chi connectivity index (χ3n) is 8.79. The van der Waals surface area contributed by atoms with Gasteiger partial charge in [-0.2, -0.15) is 22.0 Å². The fourth-order valence-corrected chi connectivity index (χ4v) is 7.49. The third-order valence-corrected chi connectivity index (χ3v) is 8.79. The summed E-state index contributed by atoms with van der Waals surface area (Å²) in [6.07, 6.45) is -6.54. The normalized spacial score (nSPS) is 47.6. The van der Waals surface area contributed by atoms with E-state index in [9.17, 15) is 27.1 Å². The van der Waals surface area contributed by atoms with E-state index in [0.29, 0.717) is 47.8 Å². The van der Waals surface area contributed by atoms with Gasteiger partial charge in [0.05, 0.1) is 0 Å². The number of alkyl halides is 5. The van der Waals surface area contributed by atoms with Crippen molar-refractivity contribution in [2.45, 2.75) is 63.5 Å². The van der Waals surface area contributed by atoms with Crippen LogP contribution in [0.1, 0.15) is 39.5 Å². The summed E-state index contributed by atoms with van der Waals surface area (Å²) in [5.41, 5.74) is 0. The lowest BCUT2D eigenvalue weighted by Crippen LogP contribution is -2.63. The van der Waals surface area contributed by atoms with Gasteiger partial charge in [0.2, 0.25) is 0 Å². The van der Waals surface area contributed by atoms with Gasteiger partial charge in [0.25, 0.3) is 0 Å². The van der Waals surface area contributed by atoms with Crippen LogP contribution < -0.4 is 0 Å². The summed E-state index contributed by atoms with van der Waals surface area (Å²) in [6.45, 7) is 4.50. The van der Waals surface area contributed by atoms with Gasteiger partial charge in [-0.1, -0.05) is 13.8 Å². The minimum Gasteiger partial charge on any atom is -0.387 e. The maximum Gasteiger partial charge on any atom is 0.449 e. The molecule has 0 spiro atoms. The van der Waals surface area contributed by atoms with Gasteiger partial charge in [-0.05, 0) is 78.9 Å². The van der Waals surface area contributed by atoms with Crippen molar-refractivity contribution < 1.29 is 37.3 Å². The van der Waals surface area contributed by atoms with E-state index in [4.69, 9.17) is 10.2 Å². The SMILES string of the molecule is CC1C(C)C2CC1C1C3CC(CC(O)C(F)(F)C(O)(O)C(F)(F)F)C(C3)C21. The molecule has 10 unspecified atom stereocenters. The third kappa shape index (κ3) is 2.48. The molecule has 10 atom stereocenters. The Labute approximate surface area is 154 Å². The molecule has 4 saturated carbocycles. The molecule has 4 rings (SSSR count). The van der Waals surface area contributed by atoms with Gasteiger partial charge >= 0.3 is 17.9 Å². The molecule has 4 aliphatic rings. The lowest BCUT2D eigenvalue weighted by atomic mass is 9.61. The van der Waals surface area contributed by atoms with Crippen LogP contribution in [0, 0.1) is 53.3 Å². The summed E-state index contributed by atoms with van der Waals surface area (Å²) in [6, 6.07) is 0. The molecule has 0 saturated heterocycles. The first-order valence-corrected chi connectivity index (χ1v) is 9.86. The minimum atomic E-state index is -5.95. The summed E-state index contributed by atoms with van der Waals surface area (Å²) in [5.74, 6) is -6.65. The second-order valence-electron chi connectivity index (χ2n) is 9.64. The molecule has 3 nitrogen and oxygen atoms in total. The zero-order valence-corrected chi connectivity index (χ0v) is 15.3. The number of rotatable bonds is 4. The van der Waals surface area contributed by atoms with E-state index >= 15 is 0 Å². The van der Waals surface area contributed by atoms with Crippen LogP contribution >= 0.6 is 0 Å². The Morgan fingerprint density at radius 2 is 1.41 bits per heavy atom. The first kappa shape index (κ1) is 19.8. The van der Waals surface area contributed by atoms with Crippen LogP contribution in [-0.2, 0) is 0 Å². The number of aliphatic hydroxyl groups is 3. The molecule has 0 aliphatic heterocycles. The minimum absolute atomic E-state index is 0.146. The van der Waals surface area contributed by atoms with Gasteiger partial charge in [-0.15, -0.1) is 0 Å². The Balaban J connectivity index is 1.48. The average molecular weight is 398 g/mol. The lowest BCUT2D eigenvalue weighted by molar-refractivity contribution is -0.429. The van der Waals surface area contributed by atoms with Crippen molar-refractivity contribution in [2.24, 2.45) is 53.3 Å². The van der Waals surface area contributed by atoms with Crippen LogP contribution in [0.5, 0.6) is 0 Å². The number of fused-ring (bicyclic) bond motifs is 9. The summed E-state index contributed by atoms with van der Waals surface area (Å²) >= 11 is 0. The smallest absolute Gasteiger partial charge is 0.387 e. The molecule has 0 amide bonds. The number of aliphatic hydroxyl groups excluding tert-OH is 1. The Morgan fingerprint density at radius 3 is 1.96 bits per heavy atom. The fraction of sp³-hybridized carbons (Fsp3) is 1.00. The highest BCUT2D eigenvalue weighted by Gasteiger charge is 2.72. The lowest BCUT2D eigenvalue weighted by Gasteiger charge is -2.44. The quantitative estimate of drug-likeness (QED) is 0.386. The standard InChI is InChI=1S/C19H27F5O3/c1-7-8(2)12-6-11(7)15-10-3-9(13(4-10)16(12)15)5-14(25)17(20,21)18(26,27)19(22,23)24/h7-16,25-27H,3-6H2,1-2H3. The molecule has 0 radical (unpaired) electrons. The molecule has 156 valence electrons. The molecule has 0 heterocycles. The second-order valence-corrected chi connectivity index (χ2v) is 9.64. The molecule has 0 aromatic heterocycles. The van der Waals surface area contributed by atoms with Crippen LogP contribution in [0.4, 0.5) is 22.0 Å². The van der Waals surface area contributed by atoms with Gasteiger partial charge in [-0.25, -0.2) is 0 Å². The van der Waals surface area contributed by atoms with Crippen molar-refractivity contribution in [3.8, 4) is 0 Å². The molecule has 0 aromatic carbocycles. The predicted molar refractivity (Wildman–Crippen MR) is 85.4 cm³/mol. The number of hydrogen-bond donors (Lipinski definition) is 3. The molecule has 4 aliphatic carbocycles. The Morgan fingerprint density at radius 1 is 0.852 bits per heavy atom. The maximum absolute atomic E-state index is 14.0. The van der Waals surface area contributed by atoms with Crippen molar-refractivity contribution in [3.63, 3.8) is 0 Å². The summed E-state index contributed by atoms with van der Waals surface area (Å²) in [4.78, 5) is 0. The van der Waals surface area contributed by atoms with E-state index < -0.39 is 30.4 Å². The Bertz CT molecular complexity index is 607. The molecule has 0 aromatic rings. The van der Waals surface area contributed by atoms with E-state index in [2.05, 4.69) is 13.8 Å². The monoisotopic (exact) mass is 398 g/mol. The first-order valence-electron chi connectivity index (χ1n) is 9.86. The zero-order valence-electron chi connectivity index (χ0n) is 15.3. The van der Waals surface area contributed by atoms with E-state index in [0.717, 1.165) is 12.8 Å². The van der Waals surface area contributed by atoms with Crippen LogP contribution in [0.15, 0.2) is 0 Å². The molecule has 4 fully saturated rings. The number of halogens is 5. The predicted octanol–water partition coefficient (Wildman–Crippen LogP) is 3.43. The first-order chi connectivity index (χ1) is 12.3. The largest absolute Gasteiger partial charge is 0.449 e. The van der Waals surface area contributed by atoms with Gasteiger partial charge in [-0.3, -0.25) is 0 Å². The highest BCUT2D eigenvalue weighted by Crippen LogP contribution is 2.71. The van der Waals surface area contributed by atoms with Crippen LogP contribution in [0.25, 0.3) is 0 Å². The highest BCUT2D eigenvalue weighted by atomic mass is 19.4. The van der Waals surface area contributed by atoms with Crippen molar-refractivity contribution in [3.05, 3.63) is 0 Å². The van der Waals surface area contributed by atoms with E-state index in [1.165, 1.54) is 0 Å². The van der Waals surface area contributed by atoms with E-state index in [1.54, 1.807) is 0 Å². The number of hydrogen-bond acceptors (Lipinski definition) is 3. The average Bonchev–Trinajstić information content (AvgIpc) is 3.26. The van der Waals surface area contributed by atoms with Crippen molar-refractivity contribution >= 4 is 0 Å². The van der Waals surface area contributed by atoms with Gasteiger partial charge in [0.15, 0.2) is 0 Å². The highest BCUT2D eigenvalue weighted by molar-refractivity contribution is 5.14. The Hall–Kier alpha value is -0.470. The summed E-state index contributed by atoms with van der Waals surface area (Å²) in [7, 11) is 0. The van der Waals surface area contributed by atoms with Crippen molar-refractivity contribution in [1.29, 1.82) is 0 Å². The van der Waals surface area contributed by atoms with Crippen LogP contribution in [0.2, 0.25) is 0 Å². The van der Waals surface area contributed by atoms with Gasteiger partial charge < -0.3 is 15.3 Å². The molecule has 27 heavy (non-hydrogen) atoms. The van der Waals surface area contributed by atoms with Crippen LogP contribution in [-0.4, -0.2) is 39.3 Å². The van der Waals surface area contributed by atoms with Crippen LogP contribution in [0.3, 0.4) is 0 Å². The molecule has 3 N–H and O–H groups in total. The Kier molecular flexibility index (Phi) is 4.25. The second kappa shape index (κ2) is 5.79. The van der Waals surface area contributed by atoms with Crippen molar-refractivity contribution in [1.82, 2.24) is 0 Å². The molecule has 8 heteroatoms. The van der Waals surface area contributed by atoms with Crippen molar-refractivity contribution in [2.75, 3.05) is 0 Å². The molecule has 4 bridgehead atoms. The van der Waals surface area contributed by atoms with E-state index in [1.807, 2.05) is 0 Å².